The summed E-state index contributed by atoms with van der Waals surface area (Å²) in [5.74, 6) is -0.0806. The van der Waals surface area contributed by atoms with Crippen molar-refractivity contribution < 1.29 is 9.59 Å². The van der Waals surface area contributed by atoms with Crippen molar-refractivity contribution in [2.24, 2.45) is 0 Å². The van der Waals surface area contributed by atoms with Gasteiger partial charge in [-0.1, -0.05) is 39.5 Å². The maximum atomic E-state index is 13.8. The third kappa shape index (κ3) is 4.43. The number of carbonyl (C=O) groups excluding carboxylic acids is 2. The summed E-state index contributed by atoms with van der Waals surface area (Å²) in [6.07, 6.45) is 6.13. The van der Waals surface area contributed by atoms with Crippen LogP contribution in [0.3, 0.4) is 0 Å². The van der Waals surface area contributed by atoms with Crippen LogP contribution in [0, 0.1) is 0 Å². The second-order valence-corrected chi connectivity index (χ2v) is 12.9. The van der Waals surface area contributed by atoms with Crippen LogP contribution in [0.1, 0.15) is 62.1 Å². The SMILES string of the molecule is CCCCCN1C(=O)C2=C(c3ccc(Br)s3)N(CCCCC)C(=O)C2=C1c1ccc(Br)s1. The molecule has 0 unspecified atom stereocenters. The number of carbonyl (C=O) groups is 2. The van der Waals surface area contributed by atoms with Gasteiger partial charge in [-0.15, -0.1) is 22.7 Å². The minimum atomic E-state index is -0.0403. The van der Waals surface area contributed by atoms with Crippen LogP contribution in [0.2, 0.25) is 0 Å². The van der Waals surface area contributed by atoms with Crippen LogP contribution in [0.5, 0.6) is 0 Å². The fraction of sp³-hybridized carbons (Fsp3) is 0.417. The van der Waals surface area contributed by atoms with E-state index in [0.29, 0.717) is 24.2 Å². The molecule has 0 spiro atoms. The van der Waals surface area contributed by atoms with Gasteiger partial charge in [0.05, 0.1) is 39.9 Å². The second-order valence-electron chi connectivity index (χ2n) is 7.98. The Hall–Kier alpha value is -1.22. The molecule has 0 saturated carbocycles. The molecule has 2 aromatic heterocycles. The summed E-state index contributed by atoms with van der Waals surface area (Å²) in [5.41, 5.74) is 2.73. The largest absolute Gasteiger partial charge is 0.306 e. The van der Waals surface area contributed by atoms with E-state index in [1.54, 1.807) is 22.7 Å². The standard InChI is InChI=1S/C24H26Br2N2O2S2/c1-3-5-7-13-27-21(15-9-11-17(25)31-15)19-20(23(27)29)22(16-10-12-18(26)32-16)28(24(19)30)14-8-6-4-2/h9-12H,3-8,13-14H2,1-2H3. The molecule has 0 aliphatic carbocycles. The number of halogens is 2. The fourth-order valence-electron chi connectivity index (χ4n) is 4.26. The van der Waals surface area contributed by atoms with Gasteiger partial charge in [0.15, 0.2) is 0 Å². The molecule has 32 heavy (non-hydrogen) atoms. The van der Waals surface area contributed by atoms with Crippen molar-refractivity contribution in [2.45, 2.75) is 52.4 Å². The van der Waals surface area contributed by atoms with E-state index in [2.05, 4.69) is 45.7 Å². The van der Waals surface area contributed by atoms with Crippen LogP contribution in [-0.2, 0) is 9.59 Å². The van der Waals surface area contributed by atoms with Crippen LogP contribution >= 0.6 is 54.5 Å². The van der Waals surface area contributed by atoms with Gasteiger partial charge in [0.2, 0.25) is 0 Å². The van der Waals surface area contributed by atoms with E-state index in [-0.39, 0.29) is 11.8 Å². The van der Waals surface area contributed by atoms with E-state index in [1.807, 2.05) is 34.1 Å². The molecule has 2 aliphatic heterocycles. The highest BCUT2D eigenvalue weighted by molar-refractivity contribution is 9.11. The number of amides is 2. The molecule has 4 heterocycles. The summed E-state index contributed by atoms with van der Waals surface area (Å²) >= 11 is 10.2. The number of unbranched alkanes of at least 4 members (excludes halogenated alkanes) is 4. The lowest BCUT2D eigenvalue weighted by molar-refractivity contribution is -0.124. The van der Waals surface area contributed by atoms with E-state index in [0.717, 1.165) is 67.2 Å². The lowest BCUT2D eigenvalue weighted by atomic mass is 10.1. The Morgan fingerprint density at radius 3 is 1.41 bits per heavy atom. The van der Waals surface area contributed by atoms with Crippen LogP contribution in [0.25, 0.3) is 11.4 Å². The van der Waals surface area contributed by atoms with Crippen LogP contribution in [0.15, 0.2) is 43.0 Å². The highest BCUT2D eigenvalue weighted by atomic mass is 79.9. The summed E-state index contributed by atoms with van der Waals surface area (Å²) < 4.78 is 1.98. The first-order valence-electron chi connectivity index (χ1n) is 11.1. The average molecular weight is 598 g/mol. The average Bonchev–Trinajstić information content (AvgIpc) is 3.51. The Balaban J connectivity index is 1.87. The van der Waals surface area contributed by atoms with Crippen molar-refractivity contribution >= 4 is 77.7 Å². The Labute approximate surface area is 214 Å². The number of thiophene rings is 2. The Kier molecular flexibility index (Phi) is 7.75. The number of hydrogen-bond donors (Lipinski definition) is 0. The van der Waals surface area contributed by atoms with Crippen molar-refractivity contribution in [3.63, 3.8) is 0 Å². The topological polar surface area (TPSA) is 40.6 Å². The lowest BCUT2D eigenvalue weighted by Gasteiger charge is -2.24. The van der Waals surface area contributed by atoms with E-state index in [9.17, 15) is 9.59 Å². The second kappa shape index (κ2) is 10.4. The highest BCUT2D eigenvalue weighted by Gasteiger charge is 2.49. The quantitative estimate of drug-likeness (QED) is 0.266. The monoisotopic (exact) mass is 596 g/mol. The Morgan fingerprint density at radius 2 is 1.09 bits per heavy atom. The molecule has 0 N–H and O–H groups in total. The molecule has 170 valence electrons. The molecule has 0 fully saturated rings. The Bertz CT molecular complexity index is 1010. The van der Waals surface area contributed by atoms with Crippen molar-refractivity contribution in [3.8, 4) is 0 Å². The molecule has 0 aromatic carbocycles. The van der Waals surface area contributed by atoms with Crippen LogP contribution in [-0.4, -0.2) is 34.7 Å². The van der Waals surface area contributed by atoms with Crippen molar-refractivity contribution in [2.75, 3.05) is 13.1 Å². The van der Waals surface area contributed by atoms with Gasteiger partial charge in [-0.2, -0.15) is 0 Å². The molecule has 2 amide bonds. The molecule has 8 heteroatoms. The number of nitrogens with zero attached hydrogens (tertiary/aromatic N) is 2. The van der Waals surface area contributed by atoms with Gasteiger partial charge in [-0.25, -0.2) is 0 Å². The number of hydrogen-bond acceptors (Lipinski definition) is 4. The first-order chi connectivity index (χ1) is 15.5. The fourth-order valence-corrected chi connectivity index (χ4v) is 7.15. The van der Waals surface area contributed by atoms with Gasteiger partial charge >= 0.3 is 0 Å². The maximum Gasteiger partial charge on any atom is 0.261 e. The van der Waals surface area contributed by atoms with Crippen LogP contribution < -0.4 is 0 Å². The normalized spacial score (nSPS) is 16.2. The zero-order chi connectivity index (χ0) is 22.8. The predicted octanol–water partition coefficient (Wildman–Crippen LogP) is 7.52. The van der Waals surface area contributed by atoms with E-state index in [4.69, 9.17) is 0 Å². The Morgan fingerprint density at radius 1 is 0.688 bits per heavy atom. The van der Waals surface area contributed by atoms with Crippen molar-refractivity contribution in [1.82, 2.24) is 9.80 Å². The third-order valence-electron chi connectivity index (χ3n) is 5.77. The van der Waals surface area contributed by atoms with Gasteiger partial charge in [0.1, 0.15) is 0 Å². The van der Waals surface area contributed by atoms with Crippen LogP contribution in [0.4, 0.5) is 0 Å². The molecule has 0 atom stereocenters. The molecule has 2 aliphatic rings. The molecule has 2 aromatic rings. The molecule has 0 saturated heterocycles. The molecular formula is C24H26Br2N2O2S2. The van der Waals surface area contributed by atoms with Gasteiger partial charge in [-0.05, 0) is 69.0 Å². The van der Waals surface area contributed by atoms with E-state index in [1.165, 1.54) is 0 Å². The first-order valence-corrected chi connectivity index (χ1v) is 14.3. The molecule has 0 bridgehead atoms. The predicted molar refractivity (Wildman–Crippen MR) is 140 cm³/mol. The van der Waals surface area contributed by atoms with Gasteiger partial charge in [-0.3, -0.25) is 9.59 Å². The van der Waals surface area contributed by atoms with E-state index >= 15 is 0 Å². The lowest BCUT2D eigenvalue weighted by Crippen LogP contribution is -2.30. The molecule has 4 rings (SSSR count). The van der Waals surface area contributed by atoms with Crippen molar-refractivity contribution in [3.05, 3.63) is 52.7 Å². The zero-order valence-corrected chi connectivity index (χ0v) is 23.1. The molecule has 0 radical (unpaired) electrons. The summed E-state index contributed by atoms with van der Waals surface area (Å²) in [7, 11) is 0. The smallest absolute Gasteiger partial charge is 0.261 e. The highest BCUT2D eigenvalue weighted by Crippen LogP contribution is 2.49. The van der Waals surface area contributed by atoms with Gasteiger partial charge in [0, 0.05) is 13.1 Å². The van der Waals surface area contributed by atoms with Crippen molar-refractivity contribution in [1.29, 1.82) is 0 Å². The third-order valence-corrected chi connectivity index (χ3v) is 9.03. The zero-order valence-electron chi connectivity index (χ0n) is 18.2. The number of rotatable bonds is 10. The summed E-state index contributed by atoms with van der Waals surface area (Å²) in [5, 5.41) is 0. The maximum absolute atomic E-state index is 13.8. The first kappa shape index (κ1) is 23.9. The molecular weight excluding hydrogens is 572 g/mol. The minimum absolute atomic E-state index is 0.0403. The van der Waals surface area contributed by atoms with Gasteiger partial charge < -0.3 is 9.80 Å². The minimum Gasteiger partial charge on any atom is -0.306 e. The summed E-state index contributed by atoms with van der Waals surface area (Å²) in [4.78, 5) is 33.3. The van der Waals surface area contributed by atoms with E-state index < -0.39 is 0 Å². The summed E-state index contributed by atoms with van der Waals surface area (Å²) in [6, 6.07) is 7.99. The number of fused-ring (bicyclic) bond motifs is 1. The van der Waals surface area contributed by atoms with Gasteiger partial charge in [0.25, 0.3) is 11.8 Å². The summed E-state index contributed by atoms with van der Waals surface area (Å²) in [6.45, 7) is 5.58. The molecule has 4 nitrogen and oxygen atoms in total.